The zero-order valence-electron chi connectivity index (χ0n) is 10.5. The van der Waals surface area contributed by atoms with E-state index in [2.05, 4.69) is 9.98 Å². The maximum absolute atomic E-state index is 12.1. The van der Waals surface area contributed by atoms with Gasteiger partial charge in [0.25, 0.3) is 5.56 Å². The van der Waals surface area contributed by atoms with Gasteiger partial charge in [0.15, 0.2) is 11.2 Å². The van der Waals surface area contributed by atoms with Gasteiger partial charge in [0, 0.05) is 20.3 Å². The highest BCUT2D eigenvalue weighted by Crippen LogP contribution is 2.04. The fraction of sp³-hybridized carbons (Fsp3) is 0.300. The van der Waals surface area contributed by atoms with Gasteiger partial charge in [-0.15, -0.1) is 0 Å². The summed E-state index contributed by atoms with van der Waals surface area (Å²) in [5, 5.41) is 6.97. The van der Waals surface area contributed by atoms with Gasteiger partial charge in [0.05, 0.1) is 12.9 Å². The van der Waals surface area contributed by atoms with E-state index in [1.54, 1.807) is 11.6 Å². The number of hydrogen-bond donors (Lipinski definition) is 2. The van der Waals surface area contributed by atoms with E-state index in [-0.39, 0.29) is 12.5 Å². The summed E-state index contributed by atoms with van der Waals surface area (Å²) in [4.78, 5) is 31.4. The van der Waals surface area contributed by atoms with Crippen LogP contribution in [-0.4, -0.2) is 30.9 Å². The lowest BCUT2D eigenvalue weighted by Crippen LogP contribution is -2.37. The molecule has 0 fully saturated rings. The number of fused-ring (bicyclic) bond motifs is 1. The van der Waals surface area contributed by atoms with Gasteiger partial charge >= 0.3 is 5.69 Å². The molecule has 9 nitrogen and oxygen atoms in total. The van der Waals surface area contributed by atoms with Crippen molar-refractivity contribution in [1.82, 2.24) is 18.7 Å². The molecule has 0 aromatic carbocycles. The second-order valence-electron chi connectivity index (χ2n) is 3.97. The molecule has 0 amide bonds. The van der Waals surface area contributed by atoms with Gasteiger partial charge in [-0.3, -0.25) is 19.3 Å². The Morgan fingerprint density at radius 1 is 1.47 bits per heavy atom. The molecule has 0 aliphatic carbocycles. The first-order valence-electron chi connectivity index (χ1n) is 5.41. The van der Waals surface area contributed by atoms with Crippen LogP contribution < -0.4 is 17.0 Å². The van der Waals surface area contributed by atoms with E-state index in [9.17, 15) is 9.59 Å². The Morgan fingerprint density at radius 3 is 2.79 bits per heavy atom. The topological polar surface area (TPSA) is 124 Å². The van der Waals surface area contributed by atoms with Crippen molar-refractivity contribution in [1.29, 1.82) is 5.41 Å². The van der Waals surface area contributed by atoms with E-state index in [1.807, 2.05) is 0 Å². The molecular weight excluding hydrogens is 250 g/mol. The van der Waals surface area contributed by atoms with E-state index in [0.29, 0.717) is 11.2 Å². The van der Waals surface area contributed by atoms with Crippen LogP contribution in [0.25, 0.3) is 11.2 Å². The van der Waals surface area contributed by atoms with Crippen LogP contribution in [0.1, 0.15) is 0 Å². The molecule has 0 aliphatic heterocycles. The van der Waals surface area contributed by atoms with Crippen LogP contribution in [0.2, 0.25) is 0 Å². The number of nitrogens with zero attached hydrogens (tertiary/aromatic N) is 5. The number of imidazole rings is 1. The summed E-state index contributed by atoms with van der Waals surface area (Å²) < 4.78 is 3.86. The number of rotatable bonds is 2. The second-order valence-corrected chi connectivity index (χ2v) is 3.97. The standard InChI is InChI=1S/C10H13N7O2/c1-15-7-6(8(18)16(2)10(15)19)17(5-14-7)4-3-13-9(11)12/h3,5H,4H2,1-2H3,(H3,11,12). The van der Waals surface area contributed by atoms with Crippen LogP contribution in [0.15, 0.2) is 20.9 Å². The fourth-order valence-corrected chi connectivity index (χ4v) is 1.76. The average Bonchev–Trinajstić information content (AvgIpc) is 2.77. The Morgan fingerprint density at radius 2 is 2.16 bits per heavy atom. The van der Waals surface area contributed by atoms with Crippen molar-refractivity contribution in [3.63, 3.8) is 0 Å². The van der Waals surface area contributed by atoms with E-state index in [4.69, 9.17) is 11.1 Å². The number of guanidine groups is 1. The minimum absolute atomic E-state index is 0.240. The van der Waals surface area contributed by atoms with Crippen LogP contribution in [0.5, 0.6) is 0 Å². The van der Waals surface area contributed by atoms with E-state index < -0.39 is 11.2 Å². The minimum atomic E-state index is -0.430. The number of aryl methyl sites for hydroxylation is 1. The van der Waals surface area contributed by atoms with Gasteiger partial charge in [-0.25, -0.2) is 14.8 Å². The van der Waals surface area contributed by atoms with Gasteiger partial charge in [0.2, 0.25) is 5.96 Å². The first kappa shape index (κ1) is 12.7. The van der Waals surface area contributed by atoms with Crippen LogP contribution in [0.3, 0.4) is 0 Å². The molecule has 0 saturated carbocycles. The number of aromatic nitrogens is 4. The summed E-state index contributed by atoms with van der Waals surface area (Å²) in [6.07, 6.45) is 2.84. The third-order valence-electron chi connectivity index (χ3n) is 2.73. The van der Waals surface area contributed by atoms with Crippen molar-refractivity contribution >= 4 is 23.3 Å². The molecule has 0 unspecified atom stereocenters. The highest BCUT2D eigenvalue weighted by molar-refractivity contribution is 5.84. The molecule has 2 rings (SSSR count). The SMILES string of the molecule is Cn1c(=O)c2c(ncn2CC=NC(=N)N)n(C)c1=O. The predicted octanol–water partition coefficient (Wildman–Crippen LogP) is -1.60. The first-order chi connectivity index (χ1) is 8.93. The lowest BCUT2D eigenvalue weighted by molar-refractivity contribution is 0.704. The smallest absolute Gasteiger partial charge is 0.332 e. The Labute approximate surface area is 107 Å². The van der Waals surface area contributed by atoms with Gasteiger partial charge in [0.1, 0.15) is 0 Å². The summed E-state index contributed by atoms with van der Waals surface area (Å²) in [5.41, 5.74) is 4.85. The monoisotopic (exact) mass is 263 g/mol. The molecule has 9 heteroatoms. The molecule has 0 atom stereocenters. The molecule has 0 saturated heterocycles. The summed E-state index contributed by atoms with van der Waals surface area (Å²) in [5.74, 6) is -0.315. The Balaban J connectivity index is 2.64. The lowest BCUT2D eigenvalue weighted by Gasteiger charge is -2.04. The molecule has 0 bridgehead atoms. The zero-order valence-corrected chi connectivity index (χ0v) is 10.5. The molecule has 0 radical (unpaired) electrons. The maximum atomic E-state index is 12.1. The van der Waals surface area contributed by atoms with Crippen LogP contribution in [0.4, 0.5) is 0 Å². The summed E-state index contributed by atoms with van der Waals surface area (Å²) in [7, 11) is 2.95. The summed E-state index contributed by atoms with van der Waals surface area (Å²) >= 11 is 0. The normalized spacial score (nSPS) is 11.5. The van der Waals surface area contributed by atoms with E-state index in [1.165, 1.54) is 24.2 Å². The average molecular weight is 263 g/mol. The molecule has 0 aliphatic rings. The van der Waals surface area contributed by atoms with Crippen molar-refractivity contribution < 1.29 is 0 Å². The molecule has 3 N–H and O–H groups in total. The number of aliphatic imine (C=N–C) groups is 1. The molecule has 2 heterocycles. The highest BCUT2D eigenvalue weighted by Gasteiger charge is 2.13. The molecule has 0 spiro atoms. The number of nitrogens with two attached hydrogens (primary N) is 1. The van der Waals surface area contributed by atoms with Crippen molar-refractivity contribution in [2.75, 3.05) is 0 Å². The van der Waals surface area contributed by atoms with Gasteiger partial charge < -0.3 is 10.3 Å². The van der Waals surface area contributed by atoms with Crippen molar-refractivity contribution in [2.24, 2.45) is 24.8 Å². The Kier molecular flexibility index (Phi) is 3.03. The van der Waals surface area contributed by atoms with Crippen LogP contribution in [-0.2, 0) is 20.6 Å². The third kappa shape index (κ3) is 2.05. The van der Waals surface area contributed by atoms with Crippen molar-refractivity contribution in [2.45, 2.75) is 6.54 Å². The lowest BCUT2D eigenvalue weighted by atomic mass is 10.5. The number of hydrogen-bond acceptors (Lipinski definition) is 4. The van der Waals surface area contributed by atoms with Crippen LogP contribution >= 0.6 is 0 Å². The fourth-order valence-electron chi connectivity index (χ4n) is 1.76. The summed E-state index contributed by atoms with van der Waals surface area (Å²) in [6, 6.07) is 0. The Hall–Kier alpha value is -2.71. The van der Waals surface area contributed by atoms with Crippen LogP contribution in [0, 0.1) is 5.41 Å². The molecule has 100 valence electrons. The predicted molar refractivity (Wildman–Crippen MR) is 70.6 cm³/mol. The van der Waals surface area contributed by atoms with E-state index >= 15 is 0 Å². The third-order valence-corrected chi connectivity index (χ3v) is 2.73. The molecule has 2 aromatic rings. The van der Waals surface area contributed by atoms with Gasteiger partial charge in [-0.1, -0.05) is 0 Å². The van der Waals surface area contributed by atoms with Crippen molar-refractivity contribution in [3.8, 4) is 0 Å². The first-order valence-corrected chi connectivity index (χ1v) is 5.41. The van der Waals surface area contributed by atoms with E-state index in [0.717, 1.165) is 4.57 Å². The van der Waals surface area contributed by atoms with Gasteiger partial charge in [-0.2, -0.15) is 0 Å². The minimum Gasteiger partial charge on any atom is -0.368 e. The number of nitrogens with one attached hydrogen (secondary N) is 1. The summed E-state index contributed by atoms with van der Waals surface area (Å²) in [6.45, 7) is 0.240. The Bertz CT molecular complexity index is 793. The molecule has 2 aromatic heterocycles. The van der Waals surface area contributed by atoms with Gasteiger partial charge in [-0.05, 0) is 0 Å². The molecule has 19 heavy (non-hydrogen) atoms. The zero-order chi connectivity index (χ0) is 14.2. The quantitative estimate of drug-likeness (QED) is 0.500. The molecular formula is C10H13N7O2. The second kappa shape index (κ2) is 4.52. The highest BCUT2D eigenvalue weighted by atomic mass is 16.2. The largest absolute Gasteiger partial charge is 0.368 e. The van der Waals surface area contributed by atoms with Crippen molar-refractivity contribution in [3.05, 3.63) is 27.2 Å². The maximum Gasteiger partial charge on any atom is 0.332 e.